The molecule has 2 aromatic rings. The van der Waals surface area contributed by atoms with Crippen LogP contribution in [0.25, 0.3) is 11.0 Å². The van der Waals surface area contributed by atoms with Gasteiger partial charge in [-0.3, -0.25) is 9.59 Å². The normalized spacial score (nSPS) is 10.7. The summed E-state index contributed by atoms with van der Waals surface area (Å²) in [6.45, 7) is 4.36. The van der Waals surface area contributed by atoms with Gasteiger partial charge in [0.2, 0.25) is 0 Å². The van der Waals surface area contributed by atoms with Gasteiger partial charge in [0.15, 0.2) is 6.61 Å². The number of aromatic nitrogens is 2. The molecule has 0 fully saturated rings. The number of fused-ring (bicyclic) bond motifs is 1. The largest absolute Gasteiger partial charge is 0.452 e. The van der Waals surface area contributed by atoms with Crippen molar-refractivity contribution in [3.8, 4) is 0 Å². The molecule has 134 valence electrons. The molecule has 8 nitrogen and oxygen atoms in total. The number of amides is 1. The minimum absolute atomic E-state index is 0.155. The molecule has 0 atom stereocenters. The van der Waals surface area contributed by atoms with Crippen LogP contribution in [0.3, 0.4) is 0 Å². The second-order valence-electron chi connectivity index (χ2n) is 5.37. The summed E-state index contributed by atoms with van der Waals surface area (Å²) in [6.07, 6.45) is 0. The van der Waals surface area contributed by atoms with Gasteiger partial charge in [-0.2, -0.15) is 0 Å². The molecule has 0 radical (unpaired) electrons. The molecule has 0 saturated heterocycles. The first-order valence-electron chi connectivity index (χ1n) is 7.91. The number of hydrogen-bond donors (Lipinski definition) is 1. The van der Waals surface area contributed by atoms with Crippen molar-refractivity contribution in [1.29, 1.82) is 0 Å². The van der Waals surface area contributed by atoms with E-state index in [0.717, 1.165) is 0 Å². The fourth-order valence-corrected chi connectivity index (χ4v) is 2.37. The number of rotatable bonds is 7. The van der Waals surface area contributed by atoms with Gasteiger partial charge in [0.25, 0.3) is 11.5 Å². The van der Waals surface area contributed by atoms with Crippen molar-refractivity contribution in [3.63, 3.8) is 0 Å². The van der Waals surface area contributed by atoms with Gasteiger partial charge in [-0.05, 0) is 32.0 Å². The Hall–Kier alpha value is -2.74. The molecular weight excluding hydrogens is 326 g/mol. The van der Waals surface area contributed by atoms with Gasteiger partial charge in [0.05, 0.1) is 23.2 Å². The number of hydrogen-bond acceptors (Lipinski definition) is 6. The predicted molar refractivity (Wildman–Crippen MR) is 91.6 cm³/mol. The molecule has 0 saturated carbocycles. The van der Waals surface area contributed by atoms with E-state index in [9.17, 15) is 14.4 Å². The first-order chi connectivity index (χ1) is 12.0. The van der Waals surface area contributed by atoms with Crippen LogP contribution in [0, 0.1) is 6.92 Å². The predicted octanol–water partition coefficient (Wildman–Crippen LogP) is 0.644. The Kier molecular flexibility index (Phi) is 6.24. The summed E-state index contributed by atoms with van der Waals surface area (Å²) in [5.74, 6) is -1.03. The number of nitrogens with one attached hydrogen (secondary N) is 1. The molecule has 1 aromatic heterocycles. The summed E-state index contributed by atoms with van der Waals surface area (Å²) >= 11 is 0. The van der Waals surface area contributed by atoms with Gasteiger partial charge in [0.1, 0.15) is 5.69 Å². The average Bonchev–Trinajstić information content (AvgIpc) is 2.60. The Labute approximate surface area is 144 Å². The number of benzene rings is 1. The SMILES string of the molecule is CCn1c(=O)c(C)nc2cc(C(=O)OCC(=O)NCCOC)ccc21. The maximum atomic E-state index is 12.1. The van der Waals surface area contributed by atoms with Gasteiger partial charge in [0, 0.05) is 20.2 Å². The van der Waals surface area contributed by atoms with Crippen molar-refractivity contribution >= 4 is 22.9 Å². The highest BCUT2D eigenvalue weighted by Gasteiger charge is 2.13. The average molecular weight is 347 g/mol. The molecule has 0 spiro atoms. The van der Waals surface area contributed by atoms with Crippen LogP contribution >= 0.6 is 0 Å². The smallest absolute Gasteiger partial charge is 0.338 e. The maximum Gasteiger partial charge on any atom is 0.338 e. The number of ether oxygens (including phenoxy) is 2. The van der Waals surface area contributed by atoms with Crippen LogP contribution in [-0.2, 0) is 20.8 Å². The first kappa shape index (κ1) is 18.6. The molecule has 1 amide bonds. The fraction of sp³-hybridized carbons (Fsp3) is 0.412. The third kappa shape index (κ3) is 4.42. The van der Waals surface area contributed by atoms with Gasteiger partial charge < -0.3 is 19.4 Å². The van der Waals surface area contributed by atoms with Crippen LogP contribution in [0.5, 0.6) is 0 Å². The van der Waals surface area contributed by atoms with Gasteiger partial charge >= 0.3 is 5.97 Å². The number of esters is 1. The van der Waals surface area contributed by atoms with Crippen LogP contribution < -0.4 is 10.9 Å². The lowest BCUT2D eigenvalue weighted by atomic mass is 10.2. The molecule has 0 bridgehead atoms. The molecular formula is C17H21N3O5. The second-order valence-corrected chi connectivity index (χ2v) is 5.37. The standard InChI is InChI=1S/C17H21N3O5/c1-4-20-14-6-5-12(9-13(14)19-11(2)16(20)22)17(23)25-10-15(21)18-7-8-24-3/h5-6,9H,4,7-8,10H2,1-3H3,(H,18,21). The molecule has 0 aliphatic rings. The summed E-state index contributed by atoms with van der Waals surface area (Å²) in [6, 6.07) is 4.76. The first-order valence-corrected chi connectivity index (χ1v) is 7.91. The number of aryl methyl sites for hydroxylation is 2. The van der Waals surface area contributed by atoms with E-state index in [2.05, 4.69) is 10.3 Å². The van der Waals surface area contributed by atoms with Crippen LogP contribution in [0.15, 0.2) is 23.0 Å². The Bertz CT molecular complexity index is 844. The fourth-order valence-electron chi connectivity index (χ4n) is 2.37. The molecule has 8 heteroatoms. The van der Waals surface area contributed by atoms with Crippen molar-refractivity contribution in [2.75, 3.05) is 26.9 Å². The maximum absolute atomic E-state index is 12.1. The molecule has 2 rings (SSSR count). The van der Waals surface area contributed by atoms with Crippen molar-refractivity contribution in [3.05, 3.63) is 39.8 Å². The van der Waals surface area contributed by atoms with Crippen molar-refractivity contribution in [1.82, 2.24) is 14.9 Å². The molecule has 1 heterocycles. The van der Waals surface area contributed by atoms with E-state index in [1.54, 1.807) is 29.7 Å². The van der Waals surface area contributed by atoms with E-state index in [0.29, 0.717) is 36.4 Å². The van der Waals surface area contributed by atoms with Crippen molar-refractivity contribution < 1.29 is 19.1 Å². The second kappa shape index (κ2) is 8.39. The molecule has 0 aliphatic carbocycles. The Morgan fingerprint density at radius 3 is 2.76 bits per heavy atom. The summed E-state index contributed by atoms with van der Waals surface area (Å²) in [5.41, 5.74) is 1.64. The van der Waals surface area contributed by atoms with Gasteiger partial charge in [-0.25, -0.2) is 9.78 Å². The number of carbonyl (C=O) groups excluding carboxylic acids is 2. The van der Waals surface area contributed by atoms with E-state index in [1.165, 1.54) is 7.11 Å². The van der Waals surface area contributed by atoms with E-state index < -0.39 is 11.9 Å². The van der Waals surface area contributed by atoms with Crippen molar-refractivity contribution in [2.45, 2.75) is 20.4 Å². The highest BCUT2D eigenvalue weighted by atomic mass is 16.5. The third-order valence-electron chi connectivity index (χ3n) is 3.62. The van der Waals surface area contributed by atoms with Crippen LogP contribution in [-0.4, -0.2) is 48.3 Å². The summed E-state index contributed by atoms with van der Waals surface area (Å²) < 4.78 is 11.4. The Morgan fingerprint density at radius 2 is 2.08 bits per heavy atom. The highest BCUT2D eigenvalue weighted by Crippen LogP contribution is 2.14. The molecule has 0 aliphatic heterocycles. The molecule has 25 heavy (non-hydrogen) atoms. The zero-order chi connectivity index (χ0) is 18.4. The van der Waals surface area contributed by atoms with Crippen LogP contribution in [0.4, 0.5) is 0 Å². The minimum Gasteiger partial charge on any atom is -0.452 e. The van der Waals surface area contributed by atoms with Gasteiger partial charge in [-0.15, -0.1) is 0 Å². The van der Waals surface area contributed by atoms with Crippen LogP contribution in [0.2, 0.25) is 0 Å². The number of carbonyl (C=O) groups is 2. The topological polar surface area (TPSA) is 99.5 Å². The van der Waals surface area contributed by atoms with Crippen LogP contribution in [0.1, 0.15) is 23.0 Å². The molecule has 0 unspecified atom stereocenters. The molecule has 1 N–H and O–H groups in total. The summed E-state index contributed by atoms with van der Waals surface area (Å²) in [4.78, 5) is 40.0. The number of methoxy groups -OCH3 is 1. The van der Waals surface area contributed by atoms with E-state index in [4.69, 9.17) is 9.47 Å². The lowest BCUT2D eigenvalue weighted by molar-refractivity contribution is -0.124. The Morgan fingerprint density at radius 1 is 1.32 bits per heavy atom. The zero-order valence-electron chi connectivity index (χ0n) is 14.5. The highest BCUT2D eigenvalue weighted by molar-refractivity contribution is 5.94. The molecule has 1 aromatic carbocycles. The Balaban J connectivity index is 2.13. The van der Waals surface area contributed by atoms with E-state index >= 15 is 0 Å². The number of nitrogens with zero attached hydrogens (tertiary/aromatic N) is 2. The lowest BCUT2D eigenvalue weighted by Crippen LogP contribution is -2.31. The summed E-state index contributed by atoms with van der Waals surface area (Å²) in [5, 5.41) is 2.56. The van der Waals surface area contributed by atoms with Crippen molar-refractivity contribution in [2.24, 2.45) is 0 Å². The zero-order valence-corrected chi connectivity index (χ0v) is 14.5. The monoisotopic (exact) mass is 347 g/mol. The van der Waals surface area contributed by atoms with Gasteiger partial charge in [-0.1, -0.05) is 0 Å². The quantitative estimate of drug-likeness (QED) is 0.583. The lowest BCUT2D eigenvalue weighted by Gasteiger charge is -2.10. The van der Waals surface area contributed by atoms with E-state index in [1.807, 2.05) is 6.92 Å². The minimum atomic E-state index is -0.627. The van der Waals surface area contributed by atoms with E-state index in [-0.39, 0.29) is 17.7 Å². The summed E-state index contributed by atoms with van der Waals surface area (Å²) in [7, 11) is 1.53. The third-order valence-corrected chi connectivity index (χ3v) is 3.62.